The zero-order valence-corrected chi connectivity index (χ0v) is 12.6. The molecular weight excluding hydrogens is 310 g/mol. The second-order valence-corrected chi connectivity index (χ2v) is 5.57. The summed E-state index contributed by atoms with van der Waals surface area (Å²) in [5, 5.41) is 13.1. The average molecular weight is 330 g/mol. The molecule has 0 radical (unpaired) electrons. The van der Waals surface area contributed by atoms with Gasteiger partial charge in [0.15, 0.2) is 0 Å². The molecule has 1 aliphatic heterocycles. The summed E-state index contributed by atoms with van der Waals surface area (Å²) < 4.78 is 11.7. The molecule has 0 saturated heterocycles. The predicted molar refractivity (Wildman–Crippen MR) is 77.5 cm³/mol. The topological polar surface area (TPSA) is 50.7 Å². The lowest BCUT2D eigenvalue weighted by Crippen LogP contribution is -2.32. The first-order chi connectivity index (χ1) is 9.22. The van der Waals surface area contributed by atoms with Gasteiger partial charge in [-0.3, -0.25) is 0 Å². The first-order valence-electron chi connectivity index (χ1n) is 6.54. The van der Waals surface area contributed by atoms with E-state index in [-0.39, 0.29) is 6.04 Å². The van der Waals surface area contributed by atoms with Gasteiger partial charge in [0.25, 0.3) is 0 Å². The fourth-order valence-corrected chi connectivity index (χ4v) is 2.81. The number of aliphatic hydroxyl groups excluding tert-OH is 1. The quantitative estimate of drug-likeness (QED) is 0.870. The van der Waals surface area contributed by atoms with Crippen molar-refractivity contribution >= 4 is 15.9 Å². The van der Waals surface area contributed by atoms with Gasteiger partial charge >= 0.3 is 0 Å². The second kappa shape index (κ2) is 7.24. The average Bonchev–Trinajstić information content (AvgIpc) is 2.60. The van der Waals surface area contributed by atoms with Crippen LogP contribution < -0.4 is 10.1 Å². The Bertz CT molecular complexity index is 414. The molecule has 1 aromatic carbocycles. The smallest absolute Gasteiger partial charge is 0.138 e. The number of fused-ring (bicyclic) bond motifs is 1. The van der Waals surface area contributed by atoms with Crippen molar-refractivity contribution in [3.8, 4) is 5.75 Å². The predicted octanol–water partition coefficient (Wildman–Crippen LogP) is 2.26. The van der Waals surface area contributed by atoms with Crippen molar-refractivity contribution in [3.63, 3.8) is 0 Å². The normalized spacial score (nSPS) is 20.3. The van der Waals surface area contributed by atoms with Crippen LogP contribution in [0.4, 0.5) is 0 Å². The number of ether oxygens (including phenoxy) is 2. The molecule has 1 aliphatic rings. The Morgan fingerprint density at radius 1 is 1.58 bits per heavy atom. The van der Waals surface area contributed by atoms with Crippen molar-refractivity contribution in [1.29, 1.82) is 0 Å². The molecule has 0 bridgehead atoms. The molecule has 19 heavy (non-hydrogen) atoms. The minimum absolute atomic E-state index is 0.210. The molecule has 0 fully saturated rings. The van der Waals surface area contributed by atoms with Crippen molar-refractivity contribution < 1.29 is 14.6 Å². The summed E-state index contributed by atoms with van der Waals surface area (Å²) in [5.74, 6) is 0.915. The van der Waals surface area contributed by atoms with Gasteiger partial charge in [0, 0.05) is 25.3 Å². The zero-order chi connectivity index (χ0) is 13.7. The van der Waals surface area contributed by atoms with Gasteiger partial charge in [-0.15, -0.1) is 0 Å². The van der Waals surface area contributed by atoms with E-state index in [2.05, 4.69) is 27.3 Å². The second-order valence-electron chi connectivity index (χ2n) is 4.72. The molecule has 5 heteroatoms. The van der Waals surface area contributed by atoms with Crippen LogP contribution in [-0.4, -0.2) is 38.1 Å². The van der Waals surface area contributed by atoms with Gasteiger partial charge in [0.1, 0.15) is 5.75 Å². The largest absolute Gasteiger partial charge is 0.492 e. The van der Waals surface area contributed by atoms with E-state index in [0.717, 1.165) is 35.2 Å². The van der Waals surface area contributed by atoms with Crippen molar-refractivity contribution in [2.75, 3.05) is 26.9 Å². The summed E-state index contributed by atoms with van der Waals surface area (Å²) in [7, 11) is 1.59. The molecule has 1 aromatic rings. The van der Waals surface area contributed by atoms with Crippen LogP contribution >= 0.6 is 15.9 Å². The zero-order valence-electron chi connectivity index (χ0n) is 11.1. The minimum Gasteiger partial charge on any atom is -0.492 e. The van der Waals surface area contributed by atoms with Gasteiger partial charge < -0.3 is 19.9 Å². The molecule has 0 amide bonds. The lowest BCUT2D eigenvalue weighted by molar-refractivity contribution is 0.0625. The third kappa shape index (κ3) is 3.92. The Hall–Kier alpha value is -0.620. The summed E-state index contributed by atoms with van der Waals surface area (Å²) >= 11 is 3.53. The van der Waals surface area contributed by atoms with Crippen molar-refractivity contribution in [1.82, 2.24) is 5.32 Å². The third-order valence-electron chi connectivity index (χ3n) is 3.22. The molecule has 2 unspecified atom stereocenters. The van der Waals surface area contributed by atoms with Crippen LogP contribution in [0.3, 0.4) is 0 Å². The molecule has 2 rings (SSSR count). The minimum atomic E-state index is -0.482. The van der Waals surface area contributed by atoms with Crippen LogP contribution in [0.25, 0.3) is 0 Å². The Morgan fingerprint density at radius 2 is 2.42 bits per heavy atom. The Labute approximate surface area is 122 Å². The number of rotatable bonds is 5. The van der Waals surface area contributed by atoms with Gasteiger partial charge in [-0.2, -0.15) is 0 Å². The first-order valence-corrected chi connectivity index (χ1v) is 7.33. The molecule has 0 spiro atoms. The van der Waals surface area contributed by atoms with E-state index in [9.17, 15) is 5.11 Å². The summed E-state index contributed by atoms with van der Waals surface area (Å²) in [6, 6.07) is 6.28. The highest BCUT2D eigenvalue weighted by molar-refractivity contribution is 9.10. The van der Waals surface area contributed by atoms with E-state index in [1.807, 2.05) is 12.1 Å². The highest BCUT2D eigenvalue weighted by atomic mass is 79.9. The third-order valence-corrected chi connectivity index (χ3v) is 3.84. The molecule has 1 heterocycles. The highest BCUT2D eigenvalue weighted by Crippen LogP contribution is 2.36. The van der Waals surface area contributed by atoms with Gasteiger partial charge in [0.05, 0.1) is 23.8 Å². The van der Waals surface area contributed by atoms with Crippen LogP contribution in [0, 0.1) is 0 Å². The fraction of sp³-hybridized carbons (Fsp3) is 0.571. The molecule has 4 nitrogen and oxygen atoms in total. The summed E-state index contributed by atoms with van der Waals surface area (Å²) in [6.45, 7) is 1.60. The van der Waals surface area contributed by atoms with Crippen LogP contribution in [0.5, 0.6) is 5.75 Å². The van der Waals surface area contributed by atoms with E-state index in [0.29, 0.717) is 13.2 Å². The molecule has 0 aliphatic carbocycles. The maximum atomic E-state index is 9.72. The van der Waals surface area contributed by atoms with Crippen LogP contribution in [0.1, 0.15) is 24.4 Å². The number of nitrogens with one attached hydrogen (secondary N) is 1. The first kappa shape index (κ1) is 14.8. The van der Waals surface area contributed by atoms with Crippen LogP contribution in [0.15, 0.2) is 22.7 Å². The number of hydrogen-bond donors (Lipinski definition) is 2. The highest BCUT2D eigenvalue weighted by Gasteiger charge is 2.21. The van der Waals surface area contributed by atoms with Crippen molar-refractivity contribution in [2.24, 2.45) is 0 Å². The summed E-state index contributed by atoms with van der Waals surface area (Å²) in [4.78, 5) is 0. The number of para-hydroxylation sites is 1. The van der Waals surface area contributed by atoms with Gasteiger partial charge in [-0.25, -0.2) is 0 Å². The lowest BCUT2D eigenvalue weighted by atomic mass is 10.0. The molecule has 0 aromatic heterocycles. The maximum absolute atomic E-state index is 9.72. The molecular formula is C14H20BrNO3. The number of aliphatic hydroxyl groups is 1. The van der Waals surface area contributed by atoms with E-state index < -0.39 is 6.10 Å². The summed E-state index contributed by atoms with van der Waals surface area (Å²) in [6.07, 6.45) is 1.52. The number of halogens is 1. The van der Waals surface area contributed by atoms with Gasteiger partial charge in [-0.1, -0.05) is 12.1 Å². The molecule has 2 N–H and O–H groups in total. The Kier molecular flexibility index (Phi) is 5.63. The van der Waals surface area contributed by atoms with Gasteiger partial charge in [-0.05, 0) is 34.8 Å². The van der Waals surface area contributed by atoms with E-state index >= 15 is 0 Å². The van der Waals surface area contributed by atoms with Crippen molar-refractivity contribution in [3.05, 3.63) is 28.2 Å². The fourth-order valence-electron chi connectivity index (χ4n) is 2.31. The van der Waals surface area contributed by atoms with E-state index in [1.54, 1.807) is 7.11 Å². The Morgan fingerprint density at radius 3 is 3.21 bits per heavy atom. The van der Waals surface area contributed by atoms with Crippen LogP contribution in [-0.2, 0) is 4.74 Å². The lowest BCUT2D eigenvalue weighted by Gasteiger charge is -2.20. The number of methoxy groups -OCH3 is 1. The Balaban J connectivity index is 2.07. The maximum Gasteiger partial charge on any atom is 0.138 e. The molecule has 2 atom stereocenters. The van der Waals surface area contributed by atoms with Crippen LogP contribution in [0.2, 0.25) is 0 Å². The monoisotopic (exact) mass is 329 g/mol. The molecule has 0 saturated carbocycles. The van der Waals surface area contributed by atoms with E-state index in [1.165, 1.54) is 0 Å². The summed E-state index contributed by atoms with van der Waals surface area (Å²) in [5.41, 5.74) is 1.15. The molecule has 106 valence electrons. The van der Waals surface area contributed by atoms with Gasteiger partial charge in [0.2, 0.25) is 0 Å². The number of benzene rings is 1. The standard InChI is InChI=1S/C14H20BrNO3/c1-18-9-10(17)8-16-13-6-3-7-19-14-11(13)4-2-5-12(14)15/h2,4-5,10,13,16-17H,3,6-9H2,1H3. The van der Waals surface area contributed by atoms with Crippen molar-refractivity contribution in [2.45, 2.75) is 25.0 Å². The number of hydrogen-bond acceptors (Lipinski definition) is 4. The van der Waals surface area contributed by atoms with E-state index in [4.69, 9.17) is 9.47 Å². The SMILES string of the molecule is COCC(O)CNC1CCCOc2c(Br)cccc21.